The van der Waals surface area contributed by atoms with E-state index in [1.54, 1.807) is 0 Å². The van der Waals surface area contributed by atoms with E-state index in [2.05, 4.69) is 29.6 Å². The van der Waals surface area contributed by atoms with Crippen LogP contribution in [0, 0.1) is 0 Å². The largest absolute Gasteiger partial charge is 0.457 e. The van der Waals surface area contributed by atoms with E-state index in [0.29, 0.717) is 18.0 Å². The molecule has 3 N–H and O–H groups in total. The number of amides is 1. The predicted octanol–water partition coefficient (Wildman–Crippen LogP) is 6.18. The normalized spacial score (nSPS) is 15.3. The second kappa shape index (κ2) is 10.6. The fraction of sp³-hybridized carbons (Fsp3) is 0.194. The summed E-state index contributed by atoms with van der Waals surface area (Å²) in [6.07, 6.45) is 2.90. The number of hydrogen-bond acceptors (Lipinski definition) is 3. The molecule has 4 heteroatoms. The Balaban J connectivity index is 1.12. The van der Waals surface area contributed by atoms with E-state index in [-0.39, 0.29) is 11.9 Å². The number of benzene rings is 4. The van der Waals surface area contributed by atoms with Crippen LogP contribution in [0.25, 0.3) is 0 Å². The molecular weight excluding hydrogens is 432 g/mol. The maximum Gasteiger partial charge on any atom is 0.251 e. The summed E-state index contributed by atoms with van der Waals surface area (Å²) < 4.78 is 5.83. The van der Waals surface area contributed by atoms with Gasteiger partial charge in [-0.05, 0) is 77.9 Å². The van der Waals surface area contributed by atoms with Crippen LogP contribution in [-0.4, -0.2) is 12.5 Å². The van der Waals surface area contributed by atoms with E-state index in [4.69, 9.17) is 10.5 Å². The lowest BCUT2D eigenvalue weighted by atomic mass is 9.88. The number of hydrogen-bond donors (Lipinski definition) is 2. The van der Waals surface area contributed by atoms with Crippen molar-refractivity contribution < 1.29 is 9.53 Å². The van der Waals surface area contributed by atoms with Crippen molar-refractivity contribution in [1.29, 1.82) is 0 Å². The Hall–Kier alpha value is -3.89. The zero-order valence-electron chi connectivity index (χ0n) is 19.7. The van der Waals surface area contributed by atoms with Crippen molar-refractivity contribution in [2.24, 2.45) is 5.73 Å². The molecule has 0 heterocycles. The predicted molar refractivity (Wildman–Crippen MR) is 140 cm³/mol. The summed E-state index contributed by atoms with van der Waals surface area (Å²) in [7, 11) is 0. The molecule has 4 nitrogen and oxygen atoms in total. The van der Waals surface area contributed by atoms with Crippen molar-refractivity contribution in [3.05, 3.63) is 131 Å². The summed E-state index contributed by atoms with van der Waals surface area (Å²) in [6.45, 7) is 0.567. The summed E-state index contributed by atoms with van der Waals surface area (Å²) >= 11 is 0. The van der Waals surface area contributed by atoms with Crippen LogP contribution in [0.3, 0.4) is 0 Å². The van der Waals surface area contributed by atoms with E-state index in [1.165, 1.54) is 11.1 Å². The lowest BCUT2D eigenvalue weighted by Gasteiger charge is -2.21. The van der Waals surface area contributed by atoms with E-state index < -0.39 is 0 Å². The Morgan fingerprint density at radius 1 is 0.857 bits per heavy atom. The molecule has 0 radical (unpaired) electrons. The Labute approximate surface area is 206 Å². The van der Waals surface area contributed by atoms with Crippen LogP contribution >= 0.6 is 0 Å². The van der Waals surface area contributed by atoms with Crippen LogP contribution in [-0.2, 0) is 12.8 Å². The molecule has 1 aliphatic carbocycles. The first-order valence-corrected chi connectivity index (χ1v) is 12.2. The lowest BCUT2D eigenvalue weighted by Crippen LogP contribution is -2.25. The van der Waals surface area contributed by atoms with Gasteiger partial charge in [-0.15, -0.1) is 0 Å². The Morgan fingerprint density at radius 2 is 1.54 bits per heavy atom. The maximum atomic E-state index is 12.6. The summed E-state index contributed by atoms with van der Waals surface area (Å²) in [5.74, 6) is 1.87. The summed E-state index contributed by atoms with van der Waals surface area (Å²) in [4.78, 5) is 12.6. The molecule has 4 aromatic carbocycles. The molecule has 2 atom stereocenters. The van der Waals surface area contributed by atoms with Crippen molar-refractivity contribution >= 4 is 5.91 Å². The fourth-order valence-electron chi connectivity index (χ4n) is 4.82. The van der Waals surface area contributed by atoms with Gasteiger partial charge < -0.3 is 15.8 Å². The van der Waals surface area contributed by atoms with E-state index >= 15 is 0 Å². The van der Waals surface area contributed by atoms with Gasteiger partial charge in [0.05, 0.1) is 0 Å². The minimum Gasteiger partial charge on any atom is -0.457 e. The molecule has 0 spiro atoms. The smallest absolute Gasteiger partial charge is 0.251 e. The topological polar surface area (TPSA) is 64.4 Å². The van der Waals surface area contributed by atoms with Gasteiger partial charge in [-0.1, -0.05) is 66.7 Å². The van der Waals surface area contributed by atoms with Crippen LogP contribution in [0.15, 0.2) is 103 Å². The SMILES string of the molecule is NC(c1ccc(C(=O)NCCc2ccc(Oc3ccccc3)cc2)cc1)C1CCc2ccccc21. The first kappa shape index (κ1) is 22.9. The number of ether oxygens (including phenoxy) is 1. The molecule has 0 saturated heterocycles. The average Bonchev–Trinajstić information content (AvgIpc) is 3.34. The van der Waals surface area contributed by atoms with Crippen molar-refractivity contribution in [3.63, 3.8) is 0 Å². The Morgan fingerprint density at radius 3 is 2.31 bits per heavy atom. The molecule has 1 aliphatic rings. The molecule has 0 aromatic heterocycles. The minimum absolute atomic E-state index is 0.0652. The van der Waals surface area contributed by atoms with Crippen LogP contribution in [0.4, 0.5) is 0 Å². The number of carbonyl (C=O) groups excluding carboxylic acids is 1. The van der Waals surface area contributed by atoms with Crippen LogP contribution in [0.1, 0.15) is 51.0 Å². The van der Waals surface area contributed by atoms with Gasteiger partial charge in [0.2, 0.25) is 0 Å². The maximum absolute atomic E-state index is 12.6. The van der Waals surface area contributed by atoms with Gasteiger partial charge in [0.15, 0.2) is 0 Å². The van der Waals surface area contributed by atoms with Gasteiger partial charge in [-0.3, -0.25) is 4.79 Å². The number of fused-ring (bicyclic) bond motifs is 1. The molecule has 0 fully saturated rings. The van der Waals surface area contributed by atoms with Crippen LogP contribution in [0.2, 0.25) is 0 Å². The molecule has 2 unspecified atom stereocenters. The highest BCUT2D eigenvalue weighted by Crippen LogP contribution is 2.40. The number of para-hydroxylation sites is 1. The van der Waals surface area contributed by atoms with Crippen LogP contribution in [0.5, 0.6) is 11.5 Å². The molecule has 0 saturated carbocycles. The molecular formula is C31H30N2O2. The standard InChI is InChI=1S/C31H30N2O2/c32-30(29-19-16-23-6-4-5-9-28(23)29)24-12-14-25(15-13-24)31(34)33-21-20-22-10-17-27(18-11-22)35-26-7-2-1-3-8-26/h1-15,17-18,29-30H,16,19-21,32H2,(H,33,34). The second-order valence-electron chi connectivity index (χ2n) is 9.06. The highest BCUT2D eigenvalue weighted by atomic mass is 16.5. The third-order valence-electron chi connectivity index (χ3n) is 6.77. The van der Waals surface area contributed by atoms with Gasteiger partial charge in [-0.2, -0.15) is 0 Å². The number of aryl methyl sites for hydroxylation is 1. The molecule has 4 aromatic rings. The van der Waals surface area contributed by atoms with Gasteiger partial charge >= 0.3 is 0 Å². The molecule has 35 heavy (non-hydrogen) atoms. The Bertz CT molecular complexity index is 1270. The summed E-state index contributed by atoms with van der Waals surface area (Å²) in [6, 6.07) is 33.9. The van der Waals surface area contributed by atoms with Gasteiger partial charge in [0.25, 0.3) is 5.91 Å². The summed E-state index contributed by atoms with van der Waals surface area (Å²) in [5.41, 5.74) is 12.3. The Kier molecular flexibility index (Phi) is 6.92. The third-order valence-corrected chi connectivity index (χ3v) is 6.77. The van der Waals surface area contributed by atoms with E-state index in [9.17, 15) is 4.79 Å². The lowest BCUT2D eigenvalue weighted by molar-refractivity contribution is 0.0954. The highest BCUT2D eigenvalue weighted by Gasteiger charge is 2.28. The fourth-order valence-corrected chi connectivity index (χ4v) is 4.82. The van der Waals surface area contributed by atoms with Crippen molar-refractivity contribution in [3.8, 4) is 11.5 Å². The van der Waals surface area contributed by atoms with Gasteiger partial charge in [0, 0.05) is 24.1 Å². The number of carbonyl (C=O) groups is 1. The monoisotopic (exact) mass is 462 g/mol. The van der Waals surface area contributed by atoms with Crippen molar-refractivity contribution in [2.75, 3.05) is 6.54 Å². The van der Waals surface area contributed by atoms with E-state index in [0.717, 1.165) is 41.9 Å². The third kappa shape index (κ3) is 5.44. The van der Waals surface area contributed by atoms with Crippen molar-refractivity contribution in [1.82, 2.24) is 5.32 Å². The zero-order chi connectivity index (χ0) is 24.0. The molecule has 0 bridgehead atoms. The first-order chi connectivity index (χ1) is 17.2. The van der Waals surface area contributed by atoms with Gasteiger partial charge in [-0.25, -0.2) is 0 Å². The van der Waals surface area contributed by atoms with Crippen molar-refractivity contribution in [2.45, 2.75) is 31.2 Å². The zero-order valence-corrected chi connectivity index (χ0v) is 19.7. The van der Waals surface area contributed by atoms with Gasteiger partial charge in [0.1, 0.15) is 11.5 Å². The number of nitrogens with one attached hydrogen (secondary N) is 1. The number of nitrogens with two attached hydrogens (primary N) is 1. The first-order valence-electron chi connectivity index (χ1n) is 12.2. The quantitative estimate of drug-likeness (QED) is 0.329. The second-order valence-corrected chi connectivity index (χ2v) is 9.06. The molecule has 5 rings (SSSR count). The summed E-state index contributed by atoms with van der Waals surface area (Å²) in [5, 5.41) is 3.02. The minimum atomic E-state index is -0.0691. The molecule has 1 amide bonds. The van der Waals surface area contributed by atoms with E-state index in [1.807, 2.05) is 78.9 Å². The highest BCUT2D eigenvalue weighted by molar-refractivity contribution is 5.94. The van der Waals surface area contributed by atoms with Crippen LogP contribution < -0.4 is 15.8 Å². The average molecular weight is 463 g/mol. The molecule has 176 valence electrons. The molecule has 0 aliphatic heterocycles. The number of rotatable bonds is 8.